The van der Waals surface area contributed by atoms with E-state index in [2.05, 4.69) is 15.2 Å². The number of nitrogens with zero attached hydrogens (tertiary/aromatic N) is 1. The van der Waals surface area contributed by atoms with Gasteiger partial charge in [-0.3, -0.25) is 5.43 Å². The minimum atomic E-state index is -0.244. The Morgan fingerprint density at radius 3 is 2.75 bits per heavy atom. The van der Waals surface area contributed by atoms with Crippen LogP contribution in [0.3, 0.4) is 0 Å². The first-order chi connectivity index (χ1) is 7.77. The summed E-state index contributed by atoms with van der Waals surface area (Å²) in [5.41, 5.74) is 3.95. The van der Waals surface area contributed by atoms with E-state index in [9.17, 15) is 4.79 Å². The summed E-state index contributed by atoms with van der Waals surface area (Å²) < 4.78 is 9.91. The van der Waals surface area contributed by atoms with E-state index in [-0.39, 0.29) is 5.97 Å². The van der Waals surface area contributed by atoms with Crippen LogP contribution in [-0.2, 0) is 14.3 Å². The maximum Gasteiger partial charge on any atom is 0.333 e. The Hall–Kier alpha value is -0.910. The van der Waals surface area contributed by atoms with Crippen LogP contribution >= 0.6 is 0 Å². The minimum absolute atomic E-state index is 0.244. The van der Waals surface area contributed by atoms with E-state index >= 15 is 0 Å². The normalized spacial score (nSPS) is 18.5. The van der Waals surface area contributed by atoms with E-state index in [1.807, 2.05) is 13.0 Å². The highest BCUT2D eigenvalue weighted by Gasteiger charge is 2.09. The van der Waals surface area contributed by atoms with Gasteiger partial charge in [-0.15, -0.1) is 0 Å². The number of hydrogen-bond donors (Lipinski definition) is 1. The van der Waals surface area contributed by atoms with Gasteiger partial charge in [0.15, 0.2) is 0 Å². The molecule has 0 atom stereocenters. The molecule has 1 heterocycles. The zero-order valence-electron chi connectivity index (χ0n) is 9.99. The second kappa shape index (κ2) is 7.38. The third-order valence-corrected chi connectivity index (χ3v) is 2.50. The van der Waals surface area contributed by atoms with Crippen LogP contribution < -0.4 is 5.43 Å². The van der Waals surface area contributed by atoms with Gasteiger partial charge < -0.3 is 9.47 Å². The quantitative estimate of drug-likeness (QED) is 0.543. The highest BCUT2D eigenvalue weighted by Crippen LogP contribution is 2.02. The molecular formula is C11H20N2O3. The molecule has 5 heteroatoms. The average Bonchev–Trinajstić information content (AvgIpc) is 2.35. The predicted octanol–water partition coefficient (Wildman–Crippen LogP) is 0.333. The third kappa shape index (κ3) is 4.30. The molecule has 1 rings (SSSR count). The van der Waals surface area contributed by atoms with Crippen LogP contribution in [0.4, 0.5) is 0 Å². The molecule has 0 aliphatic carbocycles. The van der Waals surface area contributed by atoms with Crippen molar-refractivity contribution in [2.75, 3.05) is 40.0 Å². The summed E-state index contributed by atoms with van der Waals surface area (Å²) in [6.07, 6.45) is 2.57. The minimum Gasteiger partial charge on any atom is -0.466 e. The van der Waals surface area contributed by atoms with Gasteiger partial charge >= 0.3 is 5.97 Å². The average molecular weight is 228 g/mol. The van der Waals surface area contributed by atoms with Gasteiger partial charge in [-0.05, 0) is 6.42 Å². The molecular weight excluding hydrogens is 208 g/mol. The lowest BCUT2D eigenvalue weighted by molar-refractivity contribution is -0.136. The molecule has 0 aromatic carbocycles. The van der Waals surface area contributed by atoms with Crippen molar-refractivity contribution in [1.29, 1.82) is 0 Å². The van der Waals surface area contributed by atoms with Crippen LogP contribution in [0.15, 0.2) is 11.6 Å². The number of methoxy groups -OCH3 is 1. The fraction of sp³-hybridized carbons (Fsp3) is 0.727. The zero-order chi connectivity index (χ0) is 11.8. The molecule has 5 nitrogen and oxygen atoms in total. The van der Waals surface area contributed by atoms with E-state index in [0.29, 0.717) is 18.5 Å². The molecule has 0 amide bonds. The molecule has 0 aromatic rings. The Balaban J connectivity index is 2.30. The number of nitrogens with one attached hydrogen (secondary N) is 1. The van der Waals surface area contributed by atoms with Gasteiger partial charge in [-0.25, -0.2) is 9.80 Å². The largest absolute Gasteiger partial charge is 0.466 e. The highest BCUT2D eigenvalue weighted by atomic mass is 16.5. The maximum atomic E-state index is 11.3. The van der Waals surface area contributed by atoms with E-state index in [0.717, 1.165) is 26.3 Å². The van der Waals surface area contributed by atoms with Crippen LogP contribution in [0, 0.1) is 0 Å². The summed E-state index contributed by atoms with van der Waals surface area (Å²) in [7, 11) is 1.40. The first kappa shape index (κ1) is 13.2. The van der Waals surface area contributed by atoms with Crippen LogP contribution in [0.2, 0.25) is 0 Å². The number of hydrogen-bond acceptors (Lipinski definition) is 5. The fourth-order valence-corrected chi connectivity index (χ4v) is 1.52. The zero-order valence-corrected chi connectivity index (χ0v) is 9.99. The van der Waals surface area contributed by atoms with Crippen molar-refractivity contribution in [3.63, 3.8) is 0 Å². The van der Waals surface area contributed by atoms with Crippen molar-refractivity contribution in [2.45, 2.75) is 13.3 Å². The van der Waals surface area contributed by atoms with Crippen LogP contribution in [0.1, 0.15) is 13.3 Å². The Bertz CT molecular complexity index is 248. The lowest BCUT2D eigenvalue weighted by atomic mass is 10.2. The van der Waals surface area contributed by atoms with Crippen molar-refractivity contribution >= 4 is 5.97 Å². The van der Waals surface area contributed by atoms with Gasteiger partial charge in [0.05, 0.1) is 20.3 Å². The summed E-state index contributed by atoms with van der Waals surface area (Å²) in [5.74, 6) is -0.244. The van der Waals surface area contributed by atoms with Crippen molar-refractivity contribution in [2.24, 2.45) is 0 Å². The first-order valence-corrected chi connectivity index (χ1v) is 5.61. The van der Waals surface area contributed by atoms with Crippen LogP contribution in [0.5, 0.6) is 0 Å². The summed E-state index contributed by atoms with van der Waals surface area (Å²) in [6, 6.07) is 0. The van der Waals surface area contributed by atoms with Crippen molar-refractivity contribution < 1.29 is 14.3 Å². The molecule has 0 bridgehead atoms. The number of esters is 1. The monoisotopic (exact) mass is 228 g/mol. The smallest absolute Gasteiger partial charge is 0.333 e. The number of morpholine rings is 1. The van der Waals surface area contributed by atoms with Gasteiger partial charge in [0.1, 0.15) is 0 Å². The number of carbonyl (C=O) groups is 1. The van der Waals surface area contributed by atoms with Crippen molar-refractivity contribution in [3.8, 4) is 0 Å². The topological polar surface area (TPSA) is 50.8 Å². The molecule has 1 saturated heterocycles. The van der Waals surface area contributed by atoms with Gasteiger partial charge in [-0.2, -0.15) is 0 Å². The molecule has 0 saturated carbocycles. The van der Waals surface area contributed by atoms with E-state index in [1.54, 1.807) is 0 Å². The van der Waals surface area contributed by atoms with Crippen molar-refractivity contribution in [3.05, 3.63) is 11.6 Å². The summed E-state index contributed by atoms with van der Waals surface area (Å²) in [4.78, 5) is 11.3. The van der Waals surface area contributed by atoms with Crippen molar-refractivity contribution in [1.82, 2.24) is 10.4 Å². The Labute approximate surface area is 96.4 Å². The lowest BCUT2D eigenvalue weighted by Crippen LogP contribution is -2.45. The van der Waals surface area contributed by atoms with E-state index in [1.165, 1.54) is 7.11 Å². The second-order valence-electron chi connectivity index (χ2n) is 3.54. The van der Waals surface area contributed by atoms with E-state index in [4.69, 9.17) is 4.74 Å². The SMILES string of the molecule is CCC(=CCNN1CCOCC1)C(=O)OC. The molecule has 0 unspecified atom stereocenters. The molecule has 1 aliphatic heterocycles. The van der Waals surface area contributed by atoms with E-state index < -0.39 is 0 Å². The number of hydrazine groups is 1. The number of carbonyl (C=O) groups excluding carboxylic acids is 1. The van der Waals surface area contributed by atoms with Gasteiger partial charge in [0.2, 0.25) is 0 Å². The lowest BCUT2D eigenvalue weighted by Gasteiger charge is -2.26. The Morgan fingerprint density at radius 1 is 1.50 bits per heavy atom. The van der Waals surface area contributed by atoms with Crippen LogP contribution in [-0.4, -0.2) is 50.9 Å². The van der Waals surface area contributed by atoms with Gasteiger partial charge in [-0.1, -0.05) is 13.0 Å². The van der Waals surface area contributed by atoms with Crippen LogP contribution in [0.25, 0.3) is 0 Å². The molecule has 0 radical (unpaired) electrons. The van der Waals surface area contributed by atoms with Gasteiger partial charge in [0, 0.05) is 25.2 Å². The molecule has 1 N–H and O–H groups in total. The highest BCUT2D eigenvalue weighted by molar-refractivity contribution is 5.88. The van der Waals surface area contributed by atoms with Gasteiger partial charge in [0.25, 0.3) is 0 Å². The number of ether oxygens (including phenoxy) is 2. The molecule has 16 heavy (non-hydrogen) atoms. The molecule has 92 valence electrons. The standard InChI is InChI=1S/C11H20N2O3/c1-3-10(11(14)15-2)4-5-12-13-6-8-16-9-7-13/h4,12H,3,5-9H2,1-2H3. The summed E-state index contributed by atoms with van der Waals surface area (Å²) >= 11 is 0. The number of rotatable bonds is 5. The maximum absolute atomic E-state index is 11.3. The molecule has 0 aromatic heterocycles. The third-order valence-electron chi connectivity index (χ3n) is 2.50. The first-order valence-electron chi connectivity index (χ1n) is 5.61. The fourth-order valence-electron chi connectivity index (χ4n) is 1.52. The molecule has 1 fully saturated rings. The molecule has 1 aliphatic rings. The second-order valence-corrected chi connectivity index (χ2v) is 3.54. The Morgan fingerprint density at radius 2 is 2.19 bits per heavy atom. The molecule has 0 spiro atoms. The predicted molar refractivity (Wildman–Crippen MR) is 60.8 cm³/mol. The summed E-state index contributed by atoms with van der Waals surface area (Å²) in [5, 5.41) is 2.10. The Kier molecular flexibility index (Phi) is 6.07. The summed E-state index contributed by atoms with van der Waals surface area (Å²) in [6.45, 7) is 5.87.